The maximum atomic E-state index is 14.3. The molecule has 0 spiro atoms. The summed E-state index contributed by atoms with van der Waals surface area (Å²) in [6.45, 7) is 3.00. The Morgan fingerprint density at radius 1 is 1.00 bits per heavy atom. The maximum absolute atomic E-state index is 14.3. The molecule has 8 nitrogen and oxygen atoms in total. The summed E-state index contributed by atoms with van der Waals surface area (Å²) < 4.78 is 14.3. The van der Waals surface area contributed by atoms with E-state index in [0.717, 1.165) is 0 Å². The highest BCUT2D eigenvalue weighted by atomic mass is 19.1. The lowest BCUT2D eigenvalue weighted by Crippen LogP contribution is -2.55. The molecule has 0 aromatic heterocycles. The third-order valence-electron chi connectivity index (χ3n) is 7.52. The summed E-state index contributed by atoms with van der Waals surface area (Å²) in [6, 6.07) is 10.4. The molecule has 0 radical (unpaired) electrons. The van der Waals surface area contributed by atoms with Crippen molar-refractivity contribution in [3.05, 3.63) is 53.8 Å². The first-order valence-corrected chi connectivity index (χ1v) is 12.4. The average molecular weight is 493 g/mol. The summed E-state index contributed by atoms with van der Waals surface area (Å²) in [5.41, 5.74) is 1.67. The Labute approximate surface area is 208 Å². The van der Waals surface area contributed by atoms with Crippen LogP contribution in [0.2, 0.25) is 0 Å². The van der Waals surface area contributed by atoms with Crippen molar-refractivity contribution in [3.8, 4) is 11.1 Å². The van der Waals surface area contributed by atoms with Crippen molar-refractivity contribution < 1.29 is 23.6 Å². The summed E-state index contributed by atoms with van der Waals surface area (Å²) >= 11 is 0. The van der Waals surface area contributed by atoms with Gasteiger partial charge in [-0.1, -0.05) is 24.3 Å². The molecule has 0 saturated carbocycles. The second-order valence-corrected chi connectivity index (χ2v) is 9.75. The van der Waals surface area contributed by atoms with Crippen LogP contribution in [0.5, 0.6) is 0 Å². The first-order valence-electron chi connectivity index (χ1n) is 12.4. The van der Waals surface area contributed by atoms with Crippen LogP contribution in [0, 0.1) is 11.7 Å². The SMILES string of the molecule is CC(=O)N1CCC(C(=O)NC2CCN3C(=O)c4cc(-c5ccccc5F)ccc4NC(=O)C3C2)CC1. The number of rotatable bonds is 3. The quantitative estimate of drug-likeness (QED) is 0.689. The van der Waals surface area contributed by atoms with E-state index in [4.69, 9.17) is 0 Å². The third kappa shape index (κ3) is 4.57. The predicted octanol–water partition coefficient (Wildman–Crippen LogP) is 2.79. The van der Waals surface area contributed by atoms with E-state index in [9.17, 15) is 23.6 Å². The number of hydrogen-bond donors (Lipinski definition) is 2. The monoisotopic (exact) mass is 492 g/mol. The summed E-state index contributed by atoms with van der Waals surface area (Å²) in [5.74, 6) is -1.17. The van der Waals surface area contributed by atoms with Gasteiger partial charge in [0, 0.05) is 44.1 Å². The van der Waals surface area contributed by atoms with Crippen molar-refractivity contribution >= 4 is 29.3 Å². The highest BCUT2D eigenvalue weighted by Crippen LogP contribution is 2.32. The summed E-state index contributed by atoms with van der Waals surface area (Å²) in [7, 11) is 0. The van der Waals surface area contributed by atoms with E-state index in [1.165, 1.54) is 13.0 Å². The van der Waals surface area contributed by atoms with E-state index in [2.05, 4.69) is 10.6 Å². The summed E-state index contributed by atoms with van der Waals surface area (Å²) in [5, 5.41) is 5.93. The van der Waals surface area contributed by atoms with E-state index in [-0.39, 0.29) is 41.4 Å². The second kappa shape index (κ2) is 9.72. The van der Waals surface area contributed by atoms with Gasteiger partial charge < -0.3 is 20.4 Å². The molecule has 5 rings (SSSR count). The minimum Gasteiger partial charge on any atom is -0.353 e. The van der Waals surface area contributed by atoms with Crippen LogP contribution < -0.4 is 10.6 Å². The van der Waals surface area contributed by atoms with Gasteiger partial charge in [0.25, 0.3) is 5.91 Å². The van der Waals surface area contributed by atoms with Crippen LogP contribution in [0.3, 0.4) is 0 Å². The topological polar surface area (TPSA) is 98.8 Å². The largest absolute Gasteiger partial charge is 0.353 e. The lowest BCUT2D eigenvalue weighted by Gasteiger charge is -2.38. The molecule has 188 valence electrons. The third-order valence-corrected chi connectivity index (χ3v) is 7.52. The lowest BCUT2D eigenvalue weighted by atomic mass is 9.92. The number of halogens is 1. The number of amides is 4. The van der Waals surface area contributed by atoms with Gasteiger partial charge in [-0.15, -0.1) is 0 Å². The van der Waals surface area contributed by atoms with Crippen LogP contribution >= 0.6 is 0 Å². The molecule has 0 aliphatic carbocycles. The molecule has 4 amide bonds. The molecule has 2 N–H and O–H groups in total. The second-order valence-electron chi connectivity index (χ2n) is 9.75. The number of fused-ring (bicyclic) bond motifs is 2. The van der Waals surface area contributed by atoms with E-state index < -0.39 is 6.04 Å². The molecule has 0 bridgehead atoms. The van der Waals surface area contributed by atoms with Gasteiger partial charge in [0.15, 0.2) is 0 Å². The first kappa shape index (κ1) is 24.0. The van der Waals surface area contributed by atoms with Crippen molar-refractivity contribution in [2.75, 3.05) is 25.0 Å². The van der Waals surface area contributed by atoms with Crippen molar-refractivity contribution in [3.63, 3.8) is 0 Å². The molecular weight excluding hydrogens is 463 g/mol. The van der Waals surface area contributed by atoms with Crippen LogP contribution in [0.4, 0.5) is 10.1 Å². The number of carbonyl (C=O) groups excluding carboxylic acids is 4. The van der Waals surface area contributed by atoms with E-state index >= 15 is 0 Å². The van der Waals surface area contributed by atoms with Crippen molar-refractivity contribution in [1.29, 1.82) is 0 Å². The molecule has 36 heavy (non-hydrogen) atoms. The highest BCUT2D eigenvalue weighted by Gasteiger charge is 2.41. The van der Waals surface area contributed by atoms with Crippen molar-refractivity contribution in [2.24, 2.45) is 5.92 Å². The Morgan fingerprint density at radius 3 is 2.47 bits per heavy atom. The molecule has 9 heteroatoms. The minimum absolute atomic E-state index is 0.0206. The highest BCUT2D eigenvalue weighted by molar-refractivity contribution is 6.10. The molecule has 2 atom stereocenters. The zero-order valence-corrected chi connectivity index (χ0v) is 20.1. The minimum atomic E-state index is -0.708. The maximum Gasteiger partial charge on any atom is 0.256 e. The molecular formula is C27H29FN4O4. The van der Waals surface area contributed by atoms with Crippen LogP contribution in [-0.4, -0.2) is 65.1 Å². The van der Waals surface area contributed by atoms with E-state index in [1.54, 1.807) is 46.2 Å². The Kier molecular flexibility index (Phi) is 6.47. The Morgan fingerprint density at radius 2 is 1.75 bits per heavy atom. The van der Waals surface area contributed by atoms with Crippen molar-refractivity contribution in [2.45, 2.75) is 44.7 Å². The van der Waals surface area contributed by atoms with Crippen LogP contribution in [-0.2, 0) is 14.4 Å². The van der Waals surface area contributed by atoms with E-state index in [1.807, 2.05) is 0 Å². The molecule has 2 aromatic carbocycles. The smallest absolute Gasteiger partial charge is 0.256 e. The molecule has 2 unspecified atom stereocenters. The zero-order chi connectivity index (χ0) is 25.4. The number of benzene rings is 2. The molecule has 2 fully saturated rings. The zero-order valence-electron chi connectivity index (χ0n) is 20.1. The molecule has 2 aromatic rings. The molecule has 2 saturated heterocycles. The number of carbonyl (C=O) groups is 4. The standard InChI is InChI=1S/C27H29FN4O4/c1-16(33)31-11-8-17(9-12-31)25(34)29-19-10-13-32-24(15-19)26(35)30-23-7-6-18(14-21(23)27(32)36)20-4-2-3-5-22(20)28/h2-7,14,17,19,24H,8-13,15H2,1H3,(H,29,34)(H,30,35). The van der Waals surface area contributed by atoms with Crippen LogP contribution in [0.1, 0.15) is 43.0 Å². The molecule has 3 heterocycles. The number of likely N-dealkylation sites (tertiary alicyclic amines) is 1. The molecule has 3 aliphatic heterocycles. The summed E-state index contributed by atoms with van der Waals surface area (Å²) in [6.07, 6.45) is 2.10. The van der Waals surface area contributed by atoms with Gasteiger partial charge in [0.2, 0.25) is 17.7 Å². The fourth-order valence-corrected chi connectivity index (χ4v) is 5.43. The number of nitrogens with one attached hydrogen (secondary N) is 2. The van der Waals surface area contributed by atoms with Gasteiger partial charge >= 0.3 is 0 Å². The van der Waals surface area contributed by atoms with Gasteiger partial charge in [0.1, 0.15) is 11.9 Å². The summed E-state index contributed by atoms with van der Waals surface area (Å²) in [4.78, 5) is 54.3. The number of nitrogens with zero attached hydrogens (tertiary/aromatic N) is 2. The lowest BCUT2D eigenvalue weighted by molar-refractivity contribution is -0.134. The van der Waals surface area contributed by atoms with Crippen molar-refractivity contribution in [1.82, 2.24) is 15.1 Å². The van der Waals surface area contributed by atoms with Gasteiger partial charge in [-0.05, 0) is 49.4 Å². The first-order chi connectivity index (χ1) is 17.3. The normalized spacial score (nSPS) is 22.3. The van der Waals surface area contributed by atoms with Crippen LogP contribution in [0.15, 0.2) is 42.5 Å². The number of hydrogen-bond acceptors (Lipinski definition) is 4. The van der Waals surface area contributed by atoms with Crippen LogP contribution in [0.25, 0.3) is 11.1 Å². The fraction of sp³-hybridized carbons (Fsp3) is 0.407. The van der Waals surface area contributed by atoms with Gasteiger partial charge in [0.05, 0.1) is 11.3 Å². The van der Waals surface area contributed by atoms with Gasteiger partial charge in [-0.25, -0.2) is 4.39 Å². The Bertz CT molecular complexity index is 1220. The molecule has 3 aliphatic rings. The average Bonchev–Trinajstić information content (AvgIpc) is 2.98. The number of piperidine rings is 2. The predicted molar refractivity (Wildman–Crippen MR) is 131 cm³/mol. The van der Waals surface area contributed by atoms with Gasteiger partial charge in [-0.2, -0.15) is 0 Å². The van der Waals surface area contributed by atoms with E-state index in [0.29, 0.717) is 67.7 Å². The Hall–Kier alpha value is -3.75. The van der Waals surface area contributed by atoms with Gasteiger partial charge in [-0.3, -0.25) is 19.2 Å². The Balaban J connectivity index is 1.28. The fourth-order valence-electron chi connectivity index (χ4n) is 5.43. The number of anilines is 1.